The molecule has 9 heteroatoms. The van der Waals surface area contributed by atoms with Crippen LogP contribution in [0.2, 0.25) is 0 Å². The fourth-order valence-corrected chi connectivity index (χ4v) is 7.50. The average Bonchev–Trinajstić information content (AvgIpc) is 3.40. The summed E-state index contributed by atoms with van der Waals surface area (Å²) in [5.74, 6) is 1.03. The molecule has 0 N–H and O–H groups in total. The highest BCUT2D eigenvalue weighted by molar-refractivity contribution is 9.10. The van der Waals surface area contributed by atoms with Crippen molar-refractivity contribution in [2.45, 2.75) is 70.9 Å². The number of anilines is 1. The molecule has 4 heterocycles. The number of nitrogens with zero attached hydrogens (tertiary/aromatic N) is 5. The molecule has 2 aromatic carbocycles. The predicted molar refractivity (Wildman–Crippen MR) is 196 cm³/mol. The Morgan fingerprint density at radius 2 is 1.60 bits per heavy atom. The molecule has 48 heavy (non-hydrogen) atoms. The number of aromatic nitrogens is 2. The highest BCUT2D eigenvalue weighted by Crippen LogP contribution is 2.31. The van der Waals surface area contributed by atoms with E-state index < -0.39 is 5.60 Å². The maximum absolute atomic E-state index is 13.4. The van der Waals surface area contributed by atoms with Gasteiger partial charge in [0.2, 0.25) is 0 Å². The number of rotatable bonds is 7. The van der Waals surface area contributed by atoms with Crippen molar-refractivity contribution in [2.24, 2.45) is 13.0 Å². The van der Waals surface area contributed by atoms with Crippen molar-refractivity contribution in [2.75, 3.05) is 38.1 Å². The van der Waals surface area contributed by atoms with Gasteiger partial charge in [-0.2, -0.15) is 0 Å². The van der Waals surface area contributed by atoms with Crippen molar-refractivity contribution >= 4 is 44.7 Å². The molecule has 8 nitrogen and oxygen atoms in total. The summed E-state index contributed by atoms with van der Waals surface area (Å²) in [5.41, 5.74) is 5.98. The molecule has 4 aromatic rings. The zero-order valence-corrected chi connectivity index (χ0v) is 30.5. The average molecular weight is 715 g/mol. The van der Waals surface area contributed by atoms with Crippen LogP contribution in [0.5, 0.6) is 0 Å². The van der Waals surface area contributed by atoms with E-state index in [1.165, 1.54) is 16.8 Å². The number of ether oxygens (including phenoxy) is 1. The number of piperidine rings is 2. The quantitative estimate of drug-likeness (QED) is 0.193. The van der Waals surface area contributed by atoms with Crippen LogP contribution in [0.25, 0.3) is 11.0 Å². The Balaban J connectivity index is 0.974. The van der Waals surface area contributed by atoms with Gasteiger partial charge >= 0.3 is 6.09 Å². The minimum absolute atomic E-state index is 0.00489. The van der Waals surface area contributed by atoms with Crippen LogP contribution in [0.1, 0.15) is 79.6 Å². The number of pyridine rings is 1. The highest BCUT2D eigenvalue weighted by Gasteiger charge is 2.27. The maximum atomic E-state index is 13.4. The van der Waals surface area contributed by atoms with Crippen molar-refractivity contribution in [3.05, 3.63) is 93.7 Å². The van der Waals surface area contributed by atoms with Crippen LogP contribution in [0.15, 0.2) is 71.3 Å². The van der Waals surface area contributed by atoms with Gasteiger partial charge in [-0.05, 0) is 141 Å². The summed E-state index contributed by atoms with van der Waals surface area (Å²) in [5, 5.41) is 1.16. The largest absolute Gasteiger partial charge is 0.444 e. The van der Waals surface area contributed by atoms with E-state index in [-0.39, 0.29) is 12.0 Å². The summed E-state index contributed by atoms with van der Waals surface area (Å²) >= 11 is 3.66. The van der Waals surface area contributed by atoms with E-state index in [4.69, 9.17) is 4.74 Å². The van der Waals surface area contributed by atoms with Crippen molar-refractivity contribution in [1.82, 2.24) is 19.4 Å². The Morgan fingerprint density at radius 1 is 0.938 bits per heavy atom. The van der Waals surface area contributed by atoms with Gasteiger partial charge in [-0.1, -0.05) is 24.3 Å². The lowest BCUT2D eigenvalue weighted by molar-refractivity contribution is 0.0184. The lowest BCUT2D eigenvalue weighted by Crippen LogP contribution is -2.42. The van der Waals surface area contributed by atoms with E-state index in [2.05, 4.69) is 67.8 Å². The summed E-state index contributed by atoms with van der Waals surface area (Å²) in [6.07, 6.45) is 6.75. The molecule has 0 spiro atoms. The molecule has 2 aromatic heterocycles. The standard InChI is InChI=1S/C39H48BrN5O3/c1-39(2,3)48-38(47)45-22-15-28(16-23-45)24-27-6-12-32(13-7-27)43(5)37(46)31-10-8-29(9-11-31)30-17-20-44(21-18-30)26-33-25-34-35(40)14-19-41-36(34)42(33)4/h6-14,19,25,28,30H,15-18,20-24,26H2,1-5H3. The first-order valence-electron chi connectivity index (χ1n) is 17.2. The van der Waals surface area contributed by atoms with Crippen LogP contribution in [0, 0.1) is 5.92 Å². The number of benzene rings is 2. The fourth-order valence-electron chi connectivity index (χ4n) is 7.09. The number of aryl methyl sites for hydroxylation is 1. The number of carbonyl (C=O) groups excluding carboxylic acids is 2. The van der Waals surface area contributed by atoms with Crippen molar-refractivity contribution in [3.63, 3.8) is 0 Å². The van der Waals surface area contributed by atoms with Crippen LogP contribution in [-0.2, 0) is 24.8 Å². The lowest BCUT2D eigenvalue weighted by Gasteiger charge is -2.33. The van der Waals surface area contributed by atoms with Crippen molar-refractivity contribution in [3.8, 4) is 0 Å². The van der Waals surface area contributed by atoms with E-state index >= 15 is 0 Å². The molecule has 2 aliphatic heterocycles. The van der Waals surface area contributed by atoms with Crippen LogP contribution in [0.4, 0.5) is 10.5 Å². The minimum atomic E-state index is -0.470. The summed E-state index contributed by atoms with van der Waals surface area (Å²) < 4.78 is 8.82. The van der Waals surface area contributed by atoms with Gasteiger partial charge in [0.25, 0.3) is 5.91 Å². The Labute approximate surface area is 293 Å². The Bertz CT molecular complexity index is 1730. The molecule has 2 saturated heterocycles. The summed E-state index contributed by atoms with van der Waals surface area (Å²) in [6.45, 7) is 10.2. The second kappa shape index (κ2) is 14.4. The summed E-state index contributed by atoms with van der Waals surface area (Å²) in [7, 11) is 3.94. The molecule has 6 rings (SSSR count). The molecule has 0 aliphatic carbocycles. The third kappa shape index (κ3) is 7.95. The first-order valence-corrected chi connectivity index (χ1v) is 18.0. The lowest BCUT2D eigenvalue weighted by atomic mass is 9.89. The SMILES string of the molecule is CN(C(=O)c1ccc(C2CCN(Cc3cc4c(Br)ccnc4n3C)CC2)cc1)c1ccc(CC2CCN(C(=O)OC(C)(C)C)CC2)cc1. The van der Waals surface area contributed by atoms with Crippen LogP contribution < -0.4 is 4.90 Å². The van der Waals surface area contributed by atoms with E-state index in [9.17, 15) is 9.59 Å². The molecular weight excluding hydrogens is 666 g/mol. The summed E-state index contributed by atoms with van der Waals surface area (Å²) in [4.78, 5) is 36.5. The van der Waals surface area contributed by atoms with Gasteiger partial charge < -0.3 is 19.1 Å². The molecule has 2 fully saturated rings. The maximum Gasteiger partial charge on any atom is 0.410 e. The molecule has 0 bridgehead atoms. The molecule has 2 amide bonds. The molecule has 0 saturated carbocycles. The first-order chi connectivity index (χ1) is 22.9. The van der Waals surface area contributed by atoms with Gasteiger partial charge in [0.15, 0.2) is 0 Å². The molecule has 0 radical (unpaired) electrons. The first kappa shape index (κ1) is 34.2. The van der Waals surface area contributed by atoms with Crippen molar-refractivity contribution < 1.29 is 14.3 Å². The normalized spacial score (nSPS) is 16.8. The second-order valence-corrected chi connectivity index (χ2v) is 15.4. The van der Waals surface area contributed by atoms with Gasteiger partial charge in [-0.3, -0.25) is 9.69 Å². The Hall–Kier alpha value is -3.69. The van der Waals surface area contributed by atoms with Gasteiger partial charge in [0.1, 0.15) is 11.2 Å². The van der Waals surface area contributed by atoms with Crippen LogP contribution in [-0.4, -0.2) is 70.2 Å². The zero-order chi connectivity index (χ0) is 34.0. The Morgan fingerprint density at radius 3 is 2.23 bits per heavy atom. The predicted octanol–water partition coefficient (Wildman–Crippen LogP) is 8.18. The number of amides is 2. The van der Waals surface area contributed by atoms with E-state index in [0.29, 0.717) is 17.4 Å². The third-order valence-electron chi connectivity index (χ3n) is 10.00. The van der Waals surface area contributed by atoms with Gasteiger partial charge in [-0.15, -0.1) is 0 Å². The number of hydrogen-bond donors (Lipinski definition) is 0. The fraction of sp³-hybridized carbons (Fsp3) is 0.462. The number of hydrogen-bond acceptors (Lipinski definition) is 5. The van der Waals surface area contributed by atoms with Crippen LogP contribution in [0.3, 0.4) is 0 Å². The third-order valence-corrected chi connectivity index (χ3v) is 10.7. The number of halogens is 1. The van der Waals surface area contributed by atoms with Gasteiger partial charge in [0.05, 0.1) is 0 Å². The minimum Gasteiger partial charge on any atom is -0.444 e. The topological polar surface area (TPSA) is 70.9 Å². The zero-order valence-electron chi connectivity index (χ0n) is 28.9. The molecule has 2 aliphatic rings. The molecule has 0 atom stereocenters. The molecule has 0 unspecified atom stereocenters. The molecular formula is C39H48BrN5O3. The number of fused-ring (bicyclic) bond motifs is 1. The monoisotopic (exact) mass is 713 g/mol. The van der Waals surface area contributed by atoms with E-state index in [0.717, 1.165) is 86.0 Å². The van der Waals surface area contributed by atoms with Gasteiger partial charge in [-0.25, -0.2) is 9.78 Å². The van der Waals surface area contributed by atoms with E-state index in [1.807, 2.05) is 69.2 Å². The smallest absolute Gasteiger partial charge is 0.410 e. The number of carbonyl (C=O) groups is 2. The van der Waals surface area contributed by atoms with Crippen LogP contribution >= 0.6 is 15.9 Å². The summed E-state index contributed by atoms with van der Waals surface area (Å²) in [6, 6.07) is 20.8. The van der Waals surface area contributed by atoms with Crippen molar-refractivity contribution in [1.29, 1.82) is 0 Å². The highest BCUT2D eigenvalue weighted by atomic mass is 79.9. The second-order valence-electron chi connectivity index (χ2n) is 14.5. The number of likely N-dealkylation sites (tertiary alicyclic amines) is 2. The van der Waals surface area contributed by atoms with Gasteiger partial charge in [0, 0.05) is 66.7 Å². The Kier molecular flexibility index (Phi) is 10.3. The molecule has 254 valence electrons. The van der Waals surface area contributed by atoms with E-state index in [1.54, 1.807) is 4.90 Å².